The van der Waals surface area contributed by atoms with Crippen molar-refractivity contribution in [3.8, 4) is 11.3 Å². The van der Waals surface area contributed by atoms with Gasteiger partial charge in [-0.2, -0.15) is 10.2 Å². The molecule has 1 N–H and O–H groups in total. The lowest BCUT2D eigenvalue weighted by Gasteiger charge is -2.18. The highest BCUT2D eigenvalue weighted by Crippen LogP contribution is 2.22. The number of aromatic nitrogens is 3. The quantitative estimate of drug-likeness (QED) is 0.938. The van der Waals surface area contributed by atoms with Crippen molar-refractivity contribution in [3.05, 3.63) is 41.3 Å². The first-order valence-electron chi connectivity index (χ1n) is 7.91. The van der Waals surface area contributed by atoms with Crippen molar-refractivity contribution in [2.45, 2.75) is 26.8 Å². The average molecular weight is 297 g/mol. The van der Waals surface area contributed by atoms with Gasteiger partial charge in [0.2, 0.25) is 0 Å². The van der Waals surface area contributed by atoms with Crippen molar-refractivity contribution in [2.24, 2.45) is 0 Å². The van der Waals surface area contributed by atoms with Crippen LogP contribution in [0.3, 0.4) is 0 Å². The molecule has 5 heteroatoms. The van der Waals surface area contributed by atoms with E-state index in [0.717, 1.165) is 49.7 Å². The molecule has 0 aromatic carbocycles. The highest BCUT2D eigenvalue weighted by atomic mass is 15.2. The molecular weight excluding hydrogens is 274 g/mol. The van der Waals surface area contributed by atoms with Crippen LogP contribution in [0.1, 0.15) is 23.2 Å². The lowest BCUT2D eigenvalue weighted by Crippen LogP contribution is -2.28. The molecule has 0 atom stereocenters. The van der Waals surface area contributed by atoms with E-state index in [1.165, 1.54) is 17.5 Å². The summed E-state index contributed by atoms with van der Waals surface area (Å²) in [6.45, 7) is 9.41. The van der Waals surface area contributed by atoms with Gasteiger partial charge < -0.3 is 5.32 Å². The monoisotopic (exact) mass is 297 g/mol. The molecule has 2 aromatic heterocycles. The standard InChI is InChI=1S/C17H23N5/c1-13-10-19-11-16(14(13)2)17-5-4-15(20-21-17)12-22-8-3-6-18-7-9-22/h4-5,10-11,18H,3,6-9,12H2,1-2H3. The Morgan fingerprint density at radius 1 is 1.09 bits per heavy atom. The van der Waals surface area contributed by atoms with Crippen molar-refractivity contribution in [1.82, 2.24) is 25.4 Å². The maximum absolute atomic E-state index is 4.41. The largest absolute Gasteiger partial charge is 0.315 e. The van der Waals surface area contributed by atoms with Crippen LogP contribution in [0.15, 0.2) is 24.5 Å². The number of hydrogen-bond donors (Lipinski definition) is 1. The van der Waals surface area contributed by atoms with Gasteiger partial charge in [-0.15, -0.1) is 0 Å². The van der Waals surface area contributed by atoms with E-state index in [-0.39, 0.29) is 0 Å². The van der Waals surface area contributed by atoms with Crippen LogP contribution in [0.5, 0.6) is 0 Å². The predicted molar refractivity (Wildman–Crippen MR) is 87.5 cm³/mol. The van der Waals surface area contributed by atoms with Crippen LogP contribution in [0.4, 0.5) is 0 Å². The van der Waals surface area contributed by atoms with Gasteiger partial charge in [0.1, 0.15) is 0 Å². The van der Waals surface area contributed by atoms with E-state index in [1.54, 1.807) is 0 Å². The second kappa shape index (κ2) is 6.94. The van der Waals surface area contributed by atoms with Crippen molar-refractivity contribution in [3.63, 3.8) is 0 Å². The Labute approximate surface area is 131 Å². The minimum absolute atomic E-state index is 0.875. The van der Waals surface area contributed by atoms with Crippen molar-refractivity contribution >= 4 is 0 Å². The third kappa shape index (κ3) is 3.48. The molecule has 2 aromatic rings. The molecule has 1 aliphatic rings. The molecule has 0 unspecified atom stereocenters. The third-order valence-electron chi connectivity index (χ3n) is 4.28. The van der Waals surface area contributed by atoms with Gasteiger partial charge in [-0.25, -0.2) is 0 Å². The third-order valence-corrected chi connectivity index (χ3v) is 4.28. The molecular formula is C17H23N5. The molecule has 0 saturated carbocycles. The van der Waals surface area contributed by atoms with Crippen LogP contribution in [0.2, 0.25) is 0 Å². The van der Waals surface area contributed by atoms with Gasteiger partial charge in [0.15, 0.2) is 0 Å². The van der Waals surface area contributed by atoms with Gasteiger partial charge in [0, 0.05) is 37.6 Å². The highest BCUT2D eigenvalue weighted by Gasteiger charge is 2.11. The van der Waals surface area contributed by atoms with Crippen molar-refractivity contribution in [2.75, 3.05) is 26.2 Å². The van der Waals surface area contributed by atoms with Crippen LogP contribution in [-0.4, -0.2) is 46.3 Å². The lowest BCUT2D eigenvalue weighted by atomic mass is 10.0. The zero-order valence-corrected chi connectivity index (χ0v) is 13.3. The van der Waals surface area contributed by atoms with Crippen molar-refractivity contribution < 1.29 is 0 Å². The molecule has 1 aliphatic heterocycles. The fourth-order valence-corrected chi connectivity index (χ4v) is 2.76. The van der Waals surface area contributed by atoms with E-state index in [9.17, 15) is 0 Å². The Balaban J connectivity index is 1.73. The molecule has 0 aliphatic carbocycles. The van der Waals surface area contributed by atoms with E-state index in [2.05, 4.69) is 51.4 Å². The van der Waals surface area contributed by atoms with Crippen LogP contribution in [0, 0.1) is 13.8 Å². The first-order chi connectivity index (χ1) is 10.7. The van der Waals surface area contributed by atoms with Crippen LogP contribution in [-0.2, 0) is 6.54 Å². The van der Waals surface area contributed by atoms with Crippen LogP contribution < -0.4 is 5.32 Å². The Bertz CT molecular complexity index is 615. The van der Waals surface area contributed by atoms with Crippen LogP contribution in [0.25, 0.3) is 11.3 Å². The minimum atomic E-state index is 0.875. The maximum atomic E-state index is 4.41. The normalized spacial score (nSPS) is 16.5. The fourth-order valence-electron chi connectivity index (χ4n) is 2.76. The highest BCUT2D eigenvalue weighted by molar-refractivity contribution is 5.63. The first-order valence-corrected chi connectivity index (χ1v) is 7.91. The Morgan fingerprint density at radius 3 is 2.82 bits per heavy atom. The average Bonchev–Trinajstić information content (AvgIpc) is 2.80. The molecule has 0 amide bonds. The SMILES string of the molecule is Cc1cncc(-c2ccc(CN3CCCNCC3)nn2)c1C. The molecule has 0 spiro atoms. The van der Waals surface area contributed by atoms with E-state index in [4.69, 9.17) is 0 Å². The van der Waals surface area contributed by atoms with Gasteiger partial charge in [0.05, 0.1) is 11.4 Å². The summed E-state index contributed by atoms with van der Waals surface area (Å²) in [5, 5.41) is 12.2. The predicted octanol–water partition coefficient (Wildman–Crippen LogP) is 1.95. The molecule has 116 valence electrons. The first kappa shape index (κ1) is 15.1. The lowest BCUT2D eigenvalue weighted by molar-refractivity contribution is 0.280. The number of aryl methyl sites for hydroxylation is 1. The summed E-state index contributed by atoms with van der Waals surface area (Å²) in [7, 11) is 0. The summed E-state index contributed by atoms with van der Waals surface area (Å²) in [5.74, 6) is 0. The van der Waals surface area contributed by atoms with E-state index >= 15 is 0 Å². The summed E-state index contributed by atoms with van der Waals surface area (Å²) >= 11 is 0. The molecule has 3 heterocycles. The number of nitrogens with zero attached hydrogens (tertiary/aromatic N) is 4. The Kier molecular flexibility index (Phi) is 4.75. The molecule has 1 saturated heterocycles. The smallest absolute Gasteiger partial charge is 0.0948 e. The zero-order valence-electron chi connectivity index (χ0n) is 13.3. The van der Waals surface area contributed by atoms with E-state index < -0.39 is 0 Å². The number of pyridine rings is 1. The van der Waals surface area contributed by atoms with Gasteiger partial charge in [0.25, 0.3) is 0 Å². The van der Waals surface area contributed by atoms with Gasteiger partial charge in [-0.1, -0.05) is 0 Å². The van der Waals surface area contributed by atoms with Crippen molar-refractivity contribution in [1.29, 1.82) is 0 Å². The van der Waals surface area contributed by atoms with Crippen LogP contribution >= 0.6 is 0 Å². The van der Waals surface area contributed by atoms with E-state index in [0.29, 0.717) is 0 Å². The summed E-state index contributed by atoms with van der Waals surface area (Å²) in [6, 6.07) is 4.14. The Morgan fingerprint density at radius 2 is 2.00 bits per heavy atom. The number of nitrogens with one attached hydrogen (secondary N) is 1. The maximum Gasteiger partial charge on any atom is 0.0948 e. The molecule has 0 bridgehead atoms. The second-order valence-corrected chi connectivity index (χ2v) is 5.92. The molecule has 3 rings (SSSR count). The molecule has 5 nitrogen and oxygen atoms in total. The molecule has 22 heavy (non-hydrogen) atoms. The second-order valence-electron chi connectivity index (χ2n) is 5.92. The summed E-state index contributed by atoms with van der Waals surface area (Å²) in [5.41, 5.74) is 5.40. The fraction of sp³-hybridized carbons (Fsp3) is 0.471. The number of rotatable bonds is 3. The van der Waals surface area contributed by atoms with Gasteiger partial charge in [-0.3, -0.25) is 9.88 Å². The van der Waals surface area contributed by atoms with Gasteiger partial charge in [-0.05, 0) is 56.6 Å². The zero-order chi connectivity index (χ0) is 15.4. The molecule has 0 radical (unpaired) electrons. The summed E-state index contributed by atoms with van der Waals surface area (Å²) in [6.07, 6.45) is 4.94. The Hall–Kier alpha value is -1.85. The topological polar surface area (TPSA) is 53.9 Å². The summed E-state index contributed by atoms with van der Waals surface area (Å²) < 4.78 is 0. The summed E-state index contributed by atoms with van der Waals surface area (Å²) in [4.78, 5) is 6.70. The van der Waals surface area contributed by atoms with E-state index in [1.807, 2.05) is 12.4 Å². The van der Waals surface area contributed by atoms with Gasteiger partial charge >= 0.3 is 0 Å². The minimum Gasteiger partial charge on any atom is -0.315 e. The number of hydrogen-bond acceptors (Lipinski definition) is 5. The molecule has 1 fully saturated rings.